The third-order valence-corrected chi connectivity index (χ3v) is 3.65. The van der Waals surface area contributed by atoms with Crippen LogP contribution in [0, 0.1) is 5.41 Å². The standard InChI is InChI=1S/C16H25N/c1-16(2,3)10-11-17-15-9-8-13-6-4-5-7-14(13)12-15/h4-7,15,17H,8-12H2,1-3H3. The molecule has 1 nitrogen and oxygen atoms in total. The van der Waals surface area contributed by atoms with Crippen LogP contribution in [-0.4, -0.2) is 12.6 Å². The summed E-state index contributed by atoms with van der Waals surface area (Å²) in [7, 11) is 0. The van der Waals surface area contributed by atoms with E-state index in [1.807, 2.05) is 0 Å². The van der Waals surface area contributed by atoms with E-state index in [-0.39, 0.29) is 0 Å². The lowest BCUT2D eigenvalue weighted by Crippen LogP contribution is -2.36. The molecule has 1 aromatic carbocycles. The van der Waals surface area contributed by atoms with Crippen LogP contribution in [0.5, 0.6) is 0 Å². The van der Waals surface area contributed by atoms with Crippen LogP contribution in [0.25, 0.3) is 0 Å². The Morgan fingerprint density at radius 1 is 1.18 bits per heavy atom. The summed E-state index contributed by atoms with van der Waals surface area (Å²) in [4.78, 5) is 0. The van der Waals surface area contributed by atoms with E-state index in [9.17, 15) is 0 Å². The van der Waals surface area contributed by atoms with E-state index in [0.717, 1.165) is 6.54 Å². The highest BCUT2D eigenvalue weighted by Crippen LogP contribution is 2.22. The lowest BCUT2D eigenvalue weighted by Gasteiger charge is -2.27. The maximum Gasteiger partial charge on any atom is 0.0111 e. The van der Waals surface area contributed by atoms with Gasteiger partial charge in [0.05, 0.1) is 0 Å². The van der Waals surface area contributed by atoms with E-state index in [1.165, 1.54) is 25.7 Å². The average Bonchev–Trinajstić information content (AvgIpc) is 2.27. The van der Waals surface area contributed by atoms with Gasteiger partial charge in [-0.1, -0.05) is 45.0 Å². The first kappa shape index (κ1) is 12.6. The van der Waals surface area contributed by atoms with Crippen LogP contribution in [0.3, 0.4) is 0 Å². The van der Waals surface area contributed by atoms with Crippen LogP contribution in [0.4, 0.5) is 0 Å². The Morgan fingerprint density at radius 2 is 1.88 bits per heavy atom. The predicted octanol–water partition coefficient (Wildman–Crippen LogP) is 3.57. The maximum atomic E-state index is 3.72. The zero-order chi connectivity index (χ0) is 12.3. The molecule has 0 amide bonds. The van der Waals surface area contributed by atoms with Crippen molar-refractivity contribution in [3.63, 3.8) is 0 Å². The first-order valence-electron chi connectivity index (χ1n) is 6.85. The van der Waals surface area contributed by atoms with Crippen LogP contribution in [0.2, 0.25) is 0 Å². The molecule has 0 saturated heterocycles. The Bertz CT molecular complexity index is 362. The summed E-state index contributed by atoms with van der Waals surface area (Å²) in [6.07, 6.45) is 5.00. The van der Waals surface area contributed by atoms with Crippen molar-refractivity contribution in [2.75, 3.05) is 6.54 Å². The molecule has 1 aromatic rings. The van der Waals surface area contributed by atoms with Crippen molar-refractivity contribution in [2.45, 2.75) is 52.5 Å². The van der Waals surface area contributed by atoms with Gasteiger partial charge in [-0.2, -0.15) is 0 Å². The van der Waals surface area contributed by atoms with Gasteiger partial charge in [0, 0.05) is 6.04 Å². The van der Waals surface area contributed by atoms with E-state index in [4.69, 9.17) is 0 Å². The topological polar surface area (TPSA) is 12.0 Å². The fourth-order valence-electron chi connectivity index (χ4n) is 2.52. The fraction of sp³-hybridized carbons (Fsp3) is 0.625. The molecule has 0 aromatic heterocycles. The molecule has 17 heavy (non-hydrogen) atoms. The Balaban J connectivity index is 1.82. The normalized spacial score (nSPS) is 20.1. The van der Waals surface area contributed by atoms with Gasteiger partial charge >= 0.3 is 0 Å². The van der Waals surface area contributed by atoms with Crippen molar-refractivity contribution in [1.82, 2.24) is 5.32 Å². The van der Waals surface area contributed by atoms with E-state index in [2.05, 4.69) is 50.4 Å². The summed E-state index contributed by atoms with van der Waals surface area (Å²) in [6.45, 7) is 8.08. The Kier molecular flexibility index (Phi) is 3.88. The van der Waals surface area contributed by atoms with Crippen molar-refractivity contribution in [3.05, 3.63) is 35.4 Å². The lowest BCUT2D eigenvalue weighted by atomic mass is 9.87. The molecule has 1 heteroatoms. The fourth-order valence-corrected chi connectivity index (χ4v) is 2.52. The molecule has 2 rings (SSSR count). The van der Waals surface area contributed by atoms with Gasteiger partial charge in [0.2, 0.25) is 0 Å². The van der Waals surface area contributed by atoms with Gasteiger partial charge in [0.25, 0.3) is 0 Å². The highest BCUT2D eigenvalue weighted by Gasteiger charge is 2.18. The zero-order valence-electron chi connectivity index (χ0n) is 11.4. The minimum Gasteiger partial charge on any atom is -0.314 e. The smallest absolute Gasteiger partial charge is 0.0111 e. The molecule has 0 aliphatic heterocycles. The molecule has 1 aliphatic carbocycles. The van der Waals surface area contributed by atoms with E-state index in [1.54, 1.807) is 11.1 Å². The summed E-state index contributed by atoms with van der Waals surface area (Å²) < 4.78 is 0. The highest BCUT2D eigenvalue weighted by molar-refractivity contribution is 5.30. The molecule has 1 unspecified atom stereocenters. The van der Waals surface area contributed by atoms with Gasteiger partial charge < -0.3 is 5.32 Å². The summed E-state index contributed by atoms with van der Waals surface area (Å²) in [5.74, 6) is 0. The van der Waals surface area contributed by atoms with Crippen LogP contribution in [0.1, 0.15) is 44.7 Å². The number of fused-ring (bicyclic) bond motifs is 1. The van der Waals surface area contributed by atoms with Gasteiger partial charge in [-0.3, -0.25) is 0 Å². The van der Waals surface area contributed by atoms with E-state index < -0.39 is 0 Å². The predicted molar refractivity (Wildman–Crippen MR) is 74.3 cm³/mol. The molecular weight excluding hydrogens is 206 g/mol. The monoisotopic (exact) mass is 231 g/mol. The van der Waals surface area contributed by atoms with Crippen LogP contribution < -0.4 is 5.32 Å². The number of hydrogen-bond donors (Lipinski definition) is 1. The quantitative estimate of drug-likeness (QED) is 0.838. The second kappa shape index (κ2) is 5.22. The summed E-state index contributed by atoms with van der Waals surface area (Å²) >= 11 is 0. The number of aryl methyl sites for hydroxylation is 1. The van der Waals surface area contributed by atoms with Crippen molar-refractivity contribution >= 4 is 0 Å². The molecule has 0 radical (unpaired) electrons. The van der Waals surface area contributed by atoms with E-state index in [0.29, 0.717) is 11.5 Å². The van der Waals surface area contributed by atoms with Gasteiger partial charge in [0.1, 0.15) is 0 Å². The molecule has 1 aliphatic rings. The minimum absolute atomic E-state index is 0.444. The van der Waals surface area contributed by atoms with Gasteiger partial charge in [0.15, 0.2) is 0 Å². The first-order chi connectivity index (χ1) is 8.04. The highest BCUT2D eigenvalue weighted by atomic mass is 14.9. The van der Waals surface area contributed by atoms with Gasteiger partial charge in [-0.25, -0.2) is 0 Å². The van der Waals surface area contributed by atoms with Crippen LogP contribution >= 0.6 is 0 Å². The molecule has 0 fully saturated rings. The van der Waals surface area contributed by atoms with Crippen LogP contribution in [0.15, 0.2) is 24.3 Å². The zero-order valence-corrected chi connectivity index (χ0v) is 11.4. The third kappa shape index (κ3) is 3.85. The van der Waals surface area contributed by atoms with Crippen molar-refractivity contribution in [3.8, 4) is 0 Å². The van der Waals surface area contributed by atoms with E-state index >= 15 is 0 Å². The number of hydrogen-bond acceptors (Lipinski definition) is 1. The third-order valence-electron chi connectivity index (χ3n) is 3.65. The number of rotatable bonds is 3. The summed E-state index contributed by atoms with van der Waals surface area (Å²) in [6, 6.07) is 9.57. The summed E-state index contributed by atoms with van der Waals surface area (Å²) in [5, 5.41) is 3.72. The lowest BCUT2D eigenvalue weighted by molar-refractivity contribution is 0.345. The van der Waals surface area contributed by atoms with Crippen molar-refractivity contribution < 1.29 is 0 Å². The van der Waals surface area contributed by atoms with Gasteiger partial charge in [-0.15, -0.1) is 0 Å². The Hall–Kier alpha value is -0.820. The molecule has 1 N–H and O–H groups in total. The second-order valence-electron chi connectivity index (χ2n) is 6.47. The molecule has 0 spiro atoms. The number of benzene rings is 1. The van der Waals surface area contributed by atoms with Crippen LogP contribution in [-0.2, 0) is 12.8 Å². The average molecular weight is 231 g/mol. The van der Waals surface area contributed by atoms with Crippen molar-refractivity contribution in [2.24, 2.45) is 5.41 Å². The number of nitrogens with one attached hydrogen (secondary N) is 1. The second-order valence-corrected chi connectivity index (χ2v) is 6.47. The maximum absolute atomic E-state index is 3.72. The molecular formula is C16H25N. The summed E-state index contributed by atoms with van der Waals surface area (Å²) in [5.41, 5.74) is 3.55. The van der Waals surface area contributed by atoms with Crippen molar-refractivity contribution in [1.29, 1.82) is 0 Å². The molecule has 94 valence electrons. The van der Waals surface area contributed by atoms with Gasteiger partial charge in [-0.05, 0) is 48.8 Å². The molecule has 1 atom stereocenters. The molecule has 0 bridgehead atoms. The Labute approximate surface area is 106 Å². The molecule has 0 saturated carbocycles. The Morgan fingerprint density at radius 3 is 2.59 bits per heavy atom. The largest absolute Gasteiger partial charge is 0.314 e. The first-order valence-corrected chi connectivity index (χ1v) is 6.85. The SMILES string of the molecule is CC(C)(C)CCNC1CCc2ccccc2C1. The molecule has 0 heterocycles. The minimum atomic E-state index is 0.444.